The molecule has 0 saturated carbocycles. The molecule has 132 valence electrons. The minimum absolute atomic E-state index is 0.00386. The van der Waals surface area contributed by atoms with Crippen LogP contribution in [0.1, 0.15) is 19.8 Å². The third-order valence-corrected chi connectivity index (χ3v) is 5.66. The molecule has 24 heavy (non-hydrogen) atoms. The lowest BCUT2D eigenvalue weighted by Crippen LogP contribution is -2.30. The third-order valence-electron chi connectivity index (χ3n) is 3.82. The van der Waals surface area contributed by atoms with Gasteiger partial charge in [-0.05, 0) is 31.4 Å². The molecule has 8 heteroatoms. The second-order valence-electron chi connectivity index (χ2n) is 5.79. The van der Waals surface area contributed by atoms with Crippen LogP contribution in [-0.2, 0) is 24.2 Å². The van der Waals surface area contributed by atoms with Crippen molar-refractivity contribution in [1.29, 1.82) is 0 Å². The molecule has 0 spiro atoms. The van der Waals surface area contributed by atoms with Crippen LogP contribution < -0.4 is 10.1 Å². The van der Waals surface area contributed by atoms with Crippen molar-refractivity contribution in [3.63, 3.8) is 0 Å². The van der Waals surface area contributed by atoms with Crippen molar-refractivity contribution in [2.24, 2.45) is 5.92 Å². The van der Waals surface area contributed by atoms with E-state index in [1.54, 1.807) is 24.3 Å². The van der Waals surface area contributed by atoms with Crippen molar-refractivity contribution in [3.8, 4) is 5.75 Å². The summed E-state index contributed by atoms with van der Waals surface area (Å²) in [6, 6.07) is 6.89. The van der Waals surface area contributed by atoms with E-state index in [2.05, 4.69) is 5.32 Å². The lowest BCUT2D eigenvalue weighted by molar-refractivity contribution is -0.153. The van der Waals surface area contributed by atoms with Gasteiger partial charge >= 0.3 is 5.97 Å². The quantitative estimate of drug-likeness (QED) is 0.774. The Labute approximate surface area is 141 Å². The molecule has 0 aliphatic carbocycles. The Kier molecular flexibility index (Phi) is 5.82. The number of para-hydroxylation sites is 2. The molecule has 1 aromatic carbocycles. The fourth-order valence-electron chi connectivity index (χ4n) is 2.55. The molecule has 0 bridgehead atoms. The topological polar surface area (TPSA) is 98.8 Å². The summed E-state index contributed by atoms with van der Waals surface area (Å²) < 4.78 is 33.0. The first-order valence-electron chi connectivity index (χ1n) is 7.64. The van der Waals surface area contributed by atoms with E-state index in [4.69, 9.17) is 9.47 Å². The van der Waals surface area contributed by atoms with Gasteiger partial charge in [-0.1, -0.05) is 12.1 Å². The zero-order chi connectivity index (χ0) is 17.7. The lowest BCUT2D eigenvalue weighted by atomic mass is 10.1. The Morgan fingerprint density at radius 3 is 2.67 bits per heavy atom. The minimum Gasteiger partial charge on any atom is -0.495 e. The van der Waals surface area contributed by atoms with E-state index < -0.39 is 27.8 Å². The molecule has 7 nitrogen and oxygen atoms in total. The van der Waals surface area contributed by atoms with Crippen LogP contribution in [0.2, 0.25) is 0 Å². The zero-order valence-corrected chi connectivity index (χ0v) is 14.5. The van der Waals surface area contributed by atoms with Gasteiger partial charge in [-0.2, -0.15) is 0 Å². The number of benzene rings is 1. The second kappa shape index (κ2) is 7.65. The molecule has 1 amide bonds. The van der Waals surface area contributed by atoms with Crippen molar-refractivity contribution < 1.29 is 27.5 Å². The molecule has 1 saturated heterocycles. The minimum atomic E-state index is -3.04. The normalized spacial score (nSPS) is 20.2. The largest absolute Gasteiger partial charge is 0.495 e. The Hall–Kier alpha value is -2.09. The molecule has 1 aliphatic heterocycles. The van der Waals surface area contributed by atoms with Gasteiger partial charge in [0.05, 0.1) is 24.3 Å². The summed E-state index contributed by atoms with van der Waals surface area (Å²) in [5.74, 6) is -0.669. The second-order valence-corrected chi connectivity index (χ2v) is 8.02. The number of sulfone groups is 1. The maximum atomic E-state index is 12.1. The number of ether oxygens (including phenoxy) is 2. The number of anilines is 1. The average molecular weight is 355 g/mol. The van der Waals surface area contributed by atoms with Gasteiger partial charge in [0.2, 0.25) is 0 Å². The molecule has 0 aromatic heterocycles. The van der Waals surface area contributed by atoms with E-state index in [1.807, 2.05) is 0 Å². The number of amides is 1. The van der Waals surface area contributed by atoms with E-state index in [0.29, 0.717) is 17.9 Å². The molecule has 0 unspecified atom stereocenters. The maximum Gasteiger partial charge on any atom is 0.306 e. The monoisotopic (exact) mass is 355 g/mol. The van der Waals surface area contributed by atoms with Crippen molar-refractivity contribution in [1.82, 2.24) is 0 Å². The standard InChI is InChI=1S/C16H21NO6S/c1-11(16(19)17-13-5-3-4-6-14(13)22-2)23-15(18)9-12-7-8-24(20,21)10-12/h3-6,11-12H,7-10H2,1-2H3,(H,17,19)/t11-,12-/m1/s1. The number of hydrogen-bond donors (Lipinski definition) is 1. The van der Waals surface area contributed by atoms with Crippen molar-refractivity contribution in [2.45, 2.75) is 25.9 Å². The van der Waals surface area contributed by atoms with Crippen LogP contribution in [0.5, 0.6) is 5.75 Å². The van der Waals surface area contributed by atoms with E-state index >= 15 is 0 Å². The first-order chi connectivity index (χ1) is 11.3. The predicted molar refractivity (Wildman–Crippen MR) is 88.6 cm³/mol. The van der Waals surface area contributed by atoms with Crippen molar-refractivity contribution >= 4 is 27.4 Å². The molecule has 1 N–H and O–H groups in total. The van der Waals surface area contributed by atoms with Crippen molar-refractivity contribution in [2.75, 3.05) is 23.9 Å². The maximum absolute atomic E-state index is 12.1. The van der Waals surface area contributed by atoms with E-state index in [1.165, 1.54) is 14.0 Å². The molecular weight excluding hydrogens is 334 g/mol. The van der Waals surface area contributed by atoms with Gasteiger partial charge in [0, 0.05) is 6.42 Å². The van der Waals surface area contributed by atoms with Crippen LogP contribution >= 0.6 is 0 Å². The average Bonchev–Trinajstić information content (AvgIpc) is 2.86. The molecule has 1 heterocycles. The van der Waals surface area contributed by atoms with Crippen LogP contribution in [-0.4, -0.2) is 45.0 Å². The van der Waals surface area contributed by atoms with E-state index in [-0.39, 0.29) is 23.8 Å². The summed E-state index contributed by atoms with van der Waals surface area (Å²) in [5.41, 5.74) is 0.481. The Morgan fingerprint density at radius 1 is 1.33 bits per heavy atom. The van der Waals surface area contributed by atoms with Crippen LogP contribution in [0.3, 0.4) is 0 Å². The highest BCUT2D eigenvalue weighted by Crippen LogP contribution is 2.24. The zero-order valence-electron chi connectivity index (χ0n) is 13.7. The summed E-state index contributed by atoms with van der Waals surface area (Å²) in [6.07, 6.45) is -0.523. The Balaban J connectivity index is 1.86. The lowest BCUT2D eigenvalue weighted by Gasteiger charge is -2.16. The number of esters is 1. The van der Waals surface area contributed by atoms with Gasteiger partial charge in [-0.15, -0.1) is 0 Å². The van der Waals surface area contributed by atoms with Gasteiger partial charge in [0.1, 0.15) is 5.75 Å². The summed E-state index contributed by atoms with van der Waals surface area (Å²) in [4.78, 5) is 24.0. The fourth-order valence-corrected chi connectivity index (χ4v) is 4.41. The number of nitrogens with one attached hydrogen (secondary N) is 1. The van der Waals surface area contributed by atoms with Gasteiger partial charge in [0.25, 0.3) is 5.91 Å². The van der Waals surface area contributed by atoms with Crippen LogP contribution in [0.4, 0.5) is 5.69 Å². The first kappa shape index (κ1) is 18.3. The molecule has 2 rings (SSSR count). The van der Waals surface area contributed by atoms with Gasteiger partial charge < -0.3 is 14.8 Å². The van der Waals surface area contributed by atoms with Gasteiger partial charge in [-0.3, -0.25) is 9.59 Å². The SMILES string of the molecule is COc1ccccc1NC(=O)[C@@H](C)OC(=O)C[C@H]1CCS(=O)(=O)C1. The molecule has 1 aromatic rings. The van der Waals surface area contributed by atoms with Crippen molar-refractivity contribution in [3.05, 3.63) is 24.3 Å². The number of methoxy groups -OCH3 is 1. The Morgan fingerprint density at radius 2 is 2.04 bits per heavy atom. The van der Waals surface area contributed by atoms with Gasteiger partial charge in [0.15, 0.2) is 15.9 Å². The highest BCUT2D eigenvalue weighted by Gasteiger charge is 2.30. The van der Waals surface area contributed by atoms with E-state index in [9.17, 15) is 18.0 Å². The number of hydrogen-bond acceptors (Lipinski definition) is 6. The molecular formula is C16H21NO6S. The highest BCUT2D eigenvalue weighted by atomic mass is 32.2. The summed E-state index contributed by atoms with van der Waals surface area (Å²) >= 11 is 0. The highest BCUT2D eigenvalue weighted by molar-refractivity contribution is 7.91. The number of carbonyl (C=O) groups is 2. The summed E-state index contributed by atoms with van der Waals surface area (Å²) in [5, 5.41) is 2.64. The summed E-state index contributed by atoms with van der Waals surface area (Å²) in [6.45, 7) is 1.47. The Bertz CT molecular complexity index is 715. The third kappa shape index (κ3) is 4.95. The molecule has 0 radical (unpaired) electrons. The molecule has 1 fully saturated rings. The number of carbonyl (C=O) groups excluding carboxylic acids is 2. The van der Waals surface area contributed by atoms with Crippen LogP contribution in [0, 0.1) is 5.92 Å². The van der Waals surface area contributed by atoms with Crippen LogP contribution in [0.15, 0.2) is 24.3 Å². The first-order valence-corrected chi connectivity index (χ1v) is 9.46. The smallest absolute Gasteiger partial charge is 0.306 e. The molecule has 2 atom stereocenters. The molecule has 1 aliphatic rings. The van der Waals surface area contributed by atoms with E-state index in [0.717, 1.165) is 0 Å². The predicted octanol–water partition coefficient (Wildman–Crippen LogP) is 1.39. The van der Waals surface area contributed by atoms with Gasteiger partial charge in [-0.25, -0.2) is 8.42 Å². The van der Waals surface area contributed by atoms with Crippen LogP contribution in [0.25, 0.3) is 0 Å². The summed E-state index contributed by atoms with van der Waals surface area (Å²) in [7, 11) is -1.55. The number of rotatable bonds is 6. The fraction of sp³-hybridized carbons (Fsp3) is 0.500.